The Morgan fingerprint density at radius 2 is 0.914 bits per heavy atom. The molecule has 9 rings (SSSR count). The number of benzene rings is 3. The number of fused-ring (bicyclic) bond motifs is 6. The van der Waals surface area contributed by atoms with Crippen LogP contribution in [0.4, 0.5) is 0 Å². The number of carboxylic acid groups (broad SMARTS) is 1. The highest BCUT2D eigenvalue weighted by molar-refractivity contribution is 9.11. The minimum atomic E-state index is -1.08. The summed E-state index contributed by atoms with van der Waals surface area (Å²) in [5.41, 5.74) is 7.58. The molecule has 6 aromatic rings. The number of aromatic amines is 3. The molecular weight excluding hydrogens is 874 g/mol. The molecule has 3 aliphatic carbocycles. The summed E-state index contributed by atoms with van der Waals surface area (Å²) in [4.78, 5) is 80.7. The van der Waals surface area contributed by atoms with Gasteiger partial charge in [-0.15, -0.1) is 0 Å². The van der Waals surface area contributed by atoms with Crippen molar-refractivity contribution in [2.75, 3.05) is 14.2 Å². The molecule has 0 fully saturated rings. The number of hydrogen-bond acceptors (Lipinski definition) is 8. The molecule has 0 amide bonds. The van der Waals surface area contributed by atoms with Crippen LogP contribution < -0.4 is 16.3 Å². The zero-order valence-corrected chi connectivity index (χ0v) is 36.9. The van der Waals surface area contributed by atoms with Gasteiger partial charge >= 0.3 is 17.9 Å². The maximum Gasteiger partial charge on any atom is 0.338 e. The number of carbonyl (C=O) groups is 3. The molecule has 58 heavy (non-hydrogen) atoms. The fraction of sp³-hybridized carbons (Fsp3) is 0.318. The average molecular weight is 922 g/mol. The Labute approximate surface area is 351 Å². The number of esters is 2. The van der Waals surface area contributed by atoms with Crippen LogP contribution in [0.1, 0.15) is 106 Å². The summed E-state index contributed by atoms with van der Waals surface area (Å²) in [5.74, 6) is -2.04. The van der Waals surface area contributed by atoms with Crippen molar-refractivity contribution in [3.63, 3.8) is 0 Å². The minimum Gasteiger partial charge on any atom is -0.478 e. The number of rotatable bonds is 3. The van der Waals surface area contributed by atoms with Crippen molar-refractivity contribution in [1.82, 2.24) is 15.0 Å². The third-order valence-corrected chi connectivity index (χ3v) is 11.0. The van der Waals surface area contributed by atoms with E-state index in [9.17, 15) is 28.8 Å². The van der Waals surface area contributed by atoms with Crippen molar-refractivity contribution in [2.24, 2.45) is 0 Å². The number of hydrogen-bond donors (Lipinski definition) is 4. The van der Waals surface area contributed by atoms with Gasteiger partial charge in [0.1, 0.15) is 0 Å². The maximum absolute atomic E-state index is 12.3. The Kier molecular flexibility index (Phi) is 15.6. The van der Waals surface area contributed by atoms with Crippen LogP contribution >= 0.6 is 31.9 Å². The van der Waals surface area contributed by atoms with E-state index in [-0.39, 0.29) is 27.2 Å². The quantitative estimate of drug-likeness (QED) is 0.126. The van der Waals surface area contributed by atoms with E-state index in [1.807, 2.05) is 47.6 Å². The van der Waals surface area contributed by atoms with Crippen molar-refractivity contribution < 1.29 is 29.0 Å². The molecule has 3 aromatic heterocycles. The number of aryl methyl sites for hydroxylation is 3. The molecular formula is C44H47Br2N3O9. The first-order valence-corrected chi connectivity index (χ1v) is 20.8. The van der Waals surface area contributed by atoms with Gasteiger partial charge in [0.25, 0.3) is 0 Å². The van der Waals surface area contributed by atoms with Crippen LogP contribution in [-0.4, -0.2) is 52.2 Å². The van der Waals surface area contributed by atoms with Crippen LogP contribution in [-0.2, 0) is 48.0 Å². The highest BCUT2D eigenvalue weighted by Gasteiger charge is 2.26. The number of nitrogens with one attached hydrogen (secondary N) is 3. The number of pyridine rings is 3. The summed E-state index contributed by atoms with van der Waals surface area (Å²) < 4.78 is 10.9. The second-order valence-corrected chi connectivity index (χ2v) is 14.1. The molecule has 0 radical (unpaired) electrons. The molecule has 0 saturated heterocycles. The molecule has 0 bridgehead atoms. The highest BCUT2D eigenvalue weighted by atomic mass is 79.9. The molecule has 4 N–H and O–H groups in total. The van der Waals surface area contributed by atoms with Gasteiger partial charge in [0.2, 0.25) is 0 Å². The summed E-state index contributed by atoms with van der Waals surface area (Å²) in [6, 6.07) is 11.6. The van der Waals surface area contributed by atoms with Crippen LogP contribution in [0.3, 0.4) is 0 Å². The van der Waals surface area contributed by atoms with E-state index < -0.39 is 17.9 Å². The Bertz CT molecular complexity index is 2730. The van der Waals surface area contributed by atoms with E-state index in [0.29, 0.717) is 42.9 Å². The third kappa shape index (κ3) is 8.44. The molecule has 306 valence electrons. The Morgan fingerprint density at radius 3 is 1.31 bits per heavy atom. The van der Waals surface area contributed by atoms with Crippen molar-refractivity contribution >= 4 is 82.5 Å². The highest BCUT2D eigenvalue weighted by Crippen LogP contribution is 2.30. The Morgan fingerprint density at radius 1 is 0.534 bits per heavy atom. The SMILES string of the molecule is CC.CC.CC.COC(=O)c1ccc(Br)c2[nH]c3c(c(=O)c12)CC3.COC(=O)c1cccc2[nH]c3c(c(=O)c12)CC3.O=C(O)c1ccc(Br)c2[nH]c3c(c(=O)c12)CC3. The summed E-state index contributed by atoms with van der Waals surface area (Å²) in [6.07, 6.45) is 4.93. The Hall–Kier alpha value is -5.34. The summed E-state index contributed by atoms with van der Waals surface area (Å²) in [7, 11) is 2.63. The molecule has 0 saturated carbocycles. The van der Waals surface area contributed by atoms with Gasteiger partial charge in [0.15, 0.2) is 16.3 Å². The lowest BCUT2D eigenvalue weighted by molar-refractivity contribution is 0.0594. The number of aromatic carboxylic acids is 1. The second-order valence-electron chi connectivity index (χ2n) is 12.4. The predicted molar refractivity (Wildman–Crippen MR) is 235 cm³/mol. The van der Waals surface area contributed by atoms with Gasteiger partial charge in [-0.3, -0.25) is 14.4 Å². The van der Waals surface area contributed by atoms with Crippen LogP contribution in [0, 0.1) is 0 Å². The van der Waals surface area contributed by atoms with Gasteiger partial charge in [-0.25, -0.2) is 14.4 Å². The zero-order chi connectivity index (χ0) is 43.0. The topological polar surface area (TPSA) is 188 Å². The number of ether oxygens (including phenoxy) is 2. The lowest BCUT2D eigenvalue weighted by Crippen LogP contribution is -2.25. The minimum absolute atomic E-state index is 0.0407. The molecule has 0 aliphatic heterocycles. The molecule has 0 unspecified atom stereocenters. The van der Waals surface area contributed by atoms with Gasteiger partial charge in [-0.2, -0.15) is 0 Å². The zero-order valence-electron chi connectivity index (χ0n) is 33.8. The fourth-order valence-electron chi connectivity index (χ4n) is 6.72. The van der Waals surface area contributed by atoms with Gasteiger partial charge in [-0.05, 0) is 107 Å². The number of methoxy groups -OCH3 is 2. The van der Waals surface area contributed by atoms with Crippen LogP contribution in [0.2, 0.25) is 0 Å². The lowest BCUT2D eigenvalue weighted by Gasteiger charge is -2.19. The van der Waals surface area contributed by atoms with Crippen LogP contribution in [0.15, 0.2) is 65.8 Å². The average Bonchev–Trinajstić information content (AvgIpc) is 3.20. The summed E-state index contributed by atoms with van der Waals surface area (Å²) in [6.45, 7) is 12.0. The normalized spacial score (nSPS) is 12.0. The van der Waals surface area contributed by atoms with Crippen molar-refractivity contribution in [2.45, 2.75) is 80.1 Å². The van der Waals surface area contributed by atoms with Gasteiger partial charge in [0, 0.05) is 42.7 Å². The maximum atomic E-state index is 12.3. The second kappa shape index (κ2) is 19.9. The standard InChI is InChI=1S/C13H10BrNO3.C13H11NO3.C12H8BrNO3.3C2H6/c1-18-13(17)7-2-4-8(14)11-10(7)12(16)6-3-5-9(6)15-11;1-17-13(16)8-3-2-4-10-11(8)12(15)7-5-6-9(7)14-10;13-7-3-1-6(12(16)17)9-10(7)14-8-4-2-5(8)11(9)15;3*1-2/h2,4H,3,5H2,1H3,(H,15,16);2-4H,5-6H2,1H3,(H,14,15);1,3H,2,4H2,(H,14,15)(H,16,17);3*1-2H3. The number of carbonyl (C=O) groups excluding carboxylic acids is 2. The van der Waals surface area contributed by atoms with Gasteiger partial charge in [0.05, 0.1) is 63.6 Å². The van der Waals surface area contributed by atoms with Gasteiger partial charge in [-0.1, -0.05) is 47.6 Å². The fourth-order valence-corrected chi connectivity index (χ4v) is 7.58. The number of carboxylic acids is 1. The summed E-state index contributed by atoms with van der Waals surface area (Å²) >= 11 is 6.73. The number of halogens is 2. The first-order valence-electron chi connectivity index (χ1n) is 19.2. The molecule has 0 spiro atoms. The molecule has 3 aliphatic rings. The molecule has 3 heterocycles. The van der Waals surface area contributed by atoms with E-state index in [1.165, 1.54) is 20.3 Å². The first-order chi connectivity index (χ1) is 27.9. The van der Waals surface area contributed by atoms with Gasteiger partial charge < -0.3 is 29.5 Å². The number of H-pyrrole nitrogens is 3. The van der Waals surface area contributed by atoms with Crippen molar-refractivity contribution in [3.8, 4) is 0 Å². The molecule has 12 nitrogen and oxygen atoms in total. The molecule has 0 atom stereocenters. The molecule has 14 heteroatoms. The third-order valence-electron chi connectivity index (χ3n) is 9.72. The van der Waals surface area contributed by atoms with Crippen LogP contribution in [0.5, 0.6) is 0 Å². The van der Waals surface area contributed by atoms with Crippen molar-refractivity contribution in [1.29, 1.82) is 0 Å². The smallest absolute Gasteiger partial charge is 0.338 e. The summed E-state index contributed by atoms with van der Waals surface area (Å²) in [5, 5.41) is 10.2. The van der Waals surface area contributed by atoms with E-state index in [4.69, 9.17) is 14.6 Å². The first kappa shape index (κ1) is 45.4. The molecule has 3 aromatic carbocycles. The largest absolute Gasteiger partial charge is 0.478 e. The van der Waals surface area contributed by atoms with E-state index >= 15 is 0 Å². The Balaban J connectivity index is 0.000000181. The lowest BCUT2D eigenvalue weighted by atomic mass is 9.91. The number of aromatic nitrogens is 3. The van der Waals surface area contributed by atoms with E-state index in [2.05, 4.69) is 46.8 Å². The van der Waals surface area contributed by atoms with Crippen LogP contribution in [0.25, 0.3) is 32.7 Å². The van der Waals surface area contributed by atoms with E-state index in [1.54, 1.807) is 30.3 Å². The predicted octanol–water partition coefficient (Wildman–Crippen LogP) is 8.76. The van der Waals surface area contributed by atoms with Crippen molar-refractivity contribution in [3.05, 3.63) is 133 Å². The monoisotopic (exact) mass is 919 g/mol. The van der Waals surface area contributed by atoms with E-state index in [0.717, 1.165) is 76.8 Å².